The van der Waals surface area contributed by atoms with E-state index < -0.39 is 42.6 Å². The minimum absolute atomic E-state index is 0.0270. The molecular weight excluding hydrogens is 404 g/mol. The fraction of sp³-hybridized carbons (Fsp3) is 0.739. The number of fused-ring (bicyclic) bond motifs is 1. The predicted octanol–water partition coefficient (Wildman–Crippen LogP) is 2.37. The van der Waals surface area contributed by atoms with Gasteiger partial charge in [0.2, 0.25) is 0 Å². The van der Waals surface area contributed by atoms with E-state index in [1.54, 1.807) is 6.08 Å². The highest BCUT2D eigenvalue weighted by molar-refractivity contribution is 5.72. The molecule has 0 amide bonds. The summed E-state index contributed by atoms with van der Waals surface area (Å²) in [5, 5.41) is 38.8. The number of aliphatic hydroxyl groups is 3. The second kappa shape index (κ2) is 10.7. The molecule has 0 saturated heterocycles. The van der Waals surface area contributed by atoms with E-state index in [9.17, 15) is 24.9 Å². The molecule has 0 fully saturated rings. The Bertz CT molecular complexity index is 702. The molecule has 31 heavy (non-hydrogen) atoms. The van der Waals surface area contributed by atoms with E-state index in [0.29, 0.717) is 19.3 Å². The van der Waals surface area contributed by atoms with Crippen LogP contribution in [0.4, 0.5) is 0 Å². The molecule has 3 unspecified atom stereocenters. The summed E-state index contributed by atoms with van der Waals surface area (Å²) in [5.74, 6) is -1.67. The fourth-order valence-electron chi connectivity index (χ4n) is 4.65. The Morgan fingerprint density at radius 3 is 2.58 bits per heavy atom. The van der Waals surface area contributed by atoms with Gasteiger partial charge in [-0.1, -0.05) is 45.9 Å². The van der Waals surface area contributed by atoms with Crippen molar-refractivity contribution in [2.75, 3.05) is 0 Å². The summed E-state index contributed by atoms with van der Waals surface area (Å²) in [6.45, 7) is 7.81. The second-order valence-electron chi connectivity index (χ2n) is 8.99. The van der Waals surface area contributed by atoms with E-state index in [-0.39, 0.29) is 30.1 Å². The van der Waals surface area contributed by atoms with Crippen LogP contribution < -0.4 is 0 Å². The molecule has 0 aliphatic heterocycles. The van der Waals surface area contributed by atoms with Crippen LogP contribution in [0, 0.1) is 23.2 Å². The lowest BCUT2D eigenvalue weighted by molar-refractivity contribution is -0.216. The van der Waals surface area contributed by atoms with Crippen LogP contribution in [-0.4, -0.2) is 57.2 Å². The minimum atomic E-state index is -1.59. The van der Waals surface area contributed by atoms with Gasteiger partial charge < -0.3 is 29.9 Å². The number of hydrogen-bond donors (Lipinski definition) is 4. The number of aliphatic hydroxyl groups excluding tert-OH is 3. The summed E-state index contributed by atoms with van der Waals surface area (Å²) in [4.78, 5) is 23.2. The molecule has 0 radical (unpaired) electrons. The largest absolute Gasteiger partial charge is 0.481 e. The molecule has 0 aromatic heterocycles. The molecule has 8 nitrogen and oxygen atoms in total. The number of carbonyl (C=O) groups excluding carboxylic acids is 1. The Kier molecular flexibility index (Phi) is 8.83. The van der Waals surface area contributed by atoms with Crippen LogP contribution in [-0.2, 0) is 19.1 Å². The van der Waals surface area contributed by atoms with Crippen molar-refractivity contribution >= 4 is 11.9 Å². The molecule has 0 spiro atoms. The van der Waals surface area contributed by atoms with Crippen LogP contribution in [0.1, 0.15) is 59.8 Å². The molecule has 0 aromatic rings. The molecule has 176 valence electrons. The van der Waals surface area contributed by atoms with Gasteiger partial charge in [0, 0.05) is 11.8 Å². The first-order valence-corrected chi connectivity index (χ1v) is 11.0. The lowest BCUT2D eigenvalue weighted by atomic mass is 9.56. The number of ether oxygens (including phenoxy) is 2. The van der Waals surface area contributed by atoms with Gasteiger partial charge in [-0.25, -0.2) is 0 Å². The first-order chi connectivity index (χ1) is 14.5. The summed E-state index contributed by atoms with van der Waals surface area (Å²) in [6.07, 6.45) is 2.69. The molecule has 0 aromatic carbocycles. The van der Waals surface area contributed by atoms with E-state index in [1.807, 2.05) is 39.8 Å². The van der Waals surface area contributed by atoms with Crippen molar-refractivity contribution in [2.45, 2.75) is 84.6 Å². The van der Waals surface area contributed by atoms with Crippen molar-refractivity contribution in [1.29, 1.82) is 0 Å². The van der Waals surface area contributed by atoms with E-state index in [1.165, 1.54) is 0 Å². The standard InChI is InChI=1S/C23H36O8/c1-5-13(2)22(29)30-18-11-16(24)10-15-7-6-14(3)17(23(15,18)4)8-9-20(27)31-21(28)12-19(25)26/h6-7,10,13-14,16-18,20-21,24,27-28H,5,8-9,11-12H2,1-4H3,(H,25,26)/t13-,14-,16+,17-,18?,20?,21?,23-/m0/s1. The van der Waals surface area contributed by atoms with Gasteiger partial charge >= 0.3 is 11.9 Å². The van der Waals surface area contributed by atoms with Crippen molar-refractivity contribution < 1.29 is 39.5 Å². The molecule has 8 heteroatoms. The topological polar surface area (TPSA) is 134 Å². The Morgan fingerprint density at radius 2 is 1.97 bits per heavy atom. The van der Waals surface area contributed by atoms with Gasteiger partial charge in [-0.05, 0) is 36.7 Å². The summed E-state index contributed by atoms with van der Waals surface area (Å²) in [5.41, 5.74) is 0.341. The van der Waals surface area contributed by atoms with Crippen molar-refractivity contribution in [3.8, 4) is 0 Å². The van der Waals surface area contributed by atoms with E-state index in [4.69, 9.17) is 14.6 Å². The van der Waals surface area contributed by atoms with Gasteiger partial charge in [0.15, 0.2) is 12.6 Å². The van der Waals surface area contributed by atoms with Gasteiger partial charge in [0.25, 0.3) is 0 Å². The van der Waals surface area contributed by atoms with Gasteiger partial charge in [-0.2, -0.15) is 0 Å². The Balaban J connectivity index is 2.19. The maximum absolute atomic E-state index is 12.6. The monoisotopic (exact) mass is 440 g/mol. The summed E-state index contributed by atoms with van der Waals surface area (Å²) < 4.78 is 10.9. The molecule has 4 N–H and O–H groups in total. The van der Waals surface area contributed by atoms with Crippen LogP contribution in [0.2, 0.25) is 0 Å². The molecule has 2 rings (SSSR count). The molecule has 2 aliphatic carbocycles. The molecule has 0 bridgehead atoms. The van der Waals surface area contributed by atoms with Crippen LogP contribution in [0.5, 0.6) is 0 Å². The summed E-state index contributed by atoms with van der Waals surface area (Å²) in [6, 6.07) is 0. The number of hydrogen-bond acceptors (Lipinski definition) is 7. The number of carbonyl (C=O) groups is 2. The third-order valence-corrected chi connectivity index (χ3v) is 6.76. The van der Waals surface area contributed by atoms with Crippen molar-refractivity contribution in [1.82, 2.24) is 0 Å². The third-order valence-electron chi connectivity index (χ3n) is 6.76. The van der Waals surface area contributed by atoms with E-state index >= 15 is 0 Å². The Morgan fingerprint density at radius 1 is 1.29 bits per heavy atom. The number of allylic oxidation sites excluding steroid dienone is 2. The normalized spacial score (nSPS) is 33.1. The maximum Gasteiger partial charge on any atom is 0.308 e. The molecule has 0 heterocycles. The highest BCUT2D eigenvalue weighted by Crippen LogP contribution is 2.53. The SMILES string of the molecule is CC[C@H](C)C(=O)OC1C[C@H](O)C=C2C=C[C@H](C)[C@H](CCC(O)OC(O)CC(=O)O)[C@]21C. The minimum Gasteiger partial charge on any atom is -0.481 e. The highest BCUT2D eigenvalue weighted by Gasteiger charge is 2.51. The number of aliphatic carboxylic acids is 1. The van der Waals surface area contributed by atoms with Crippen LogP contribution in [0.3, 0.4) is 0 Å². The zero-order valence-electron chi connectivity index (χ0n) is 18.7. The predicted molar refractivity (Wildman–Crippen MR) is 113 cm³/mol. The lowest BCUT2D eigenvalue weighted by Gasteiger charge is -2.51. The van der Waals surface area contributed by atoms with E-state index in [2.05, 4.69) is 0 Å². The molecule has 8 atom stereocenters. The fourth-order valence-corrected chi connectivity index (χ4v) is 4.65. The van der Waals surface area contributed by atoms with Gasteiger partial charge in [0.1, 0.15) is 6.10 Å². The lowest BCUT2D eigenvalue weighted by Crippen LogP contribution is -2.51. The quantitative estimate of drug-likeness (QED) is 0.301. The van der Waals surface area contributed by atoms with Gasteiger partial charge in [-0.15, -0.1) is 0 Å². The smallest absolute Gasteiger partial charge is 0.308 e. The highest BCUT2D eigenvalue weighted by atomic mass is 16.7. The average molecular weight is 441 g/mol. The maximum atomic E-state index is 12.6. The molecule has 2 aliphatic rings. The Hall–Kier alpha value is -1.74. The van der Waals surface area contributed by atoms with Crippen LogP contribution in [0.15, 0.2) is 23.8 Å². The van der Waals surface area contributed by atoms with Crippen molar-refractivity contribution in [3.63, 3.8) is 0 Å². The molecule has 0 saturated carbocycles. The van der Waals surface area contributed by atoms with Crippen molar-refractivity contribution in [2.24, 2.45) is 23.2 Å². The first kappa shape index (κ1) is 25.5. The van der Waals surface area contributed by atoms with E-state index in [0.717, 1.165) is 5.57 Å². The zero-order chi connectivity index (χ0) is 23.3. The Labute approximate surface area is 183 Å². The van der Waals surface area contributed by atoms with Crippen LogP contribution >= 0.6 is 0 Å². The van der Waals surface area contributed by atoms with Gasteiger partial charge in [0.05, 0.1) is 18.4 Å². The van der Waals surface area contributed by atoms with Crippen molar-refractivity contribution in [3.05, 3.63) is 23.8 Å². The molecular formula is C23H36O8. The summed E-state index contributed by atoms with van der Waals surface area (Å²) in [7, 11) is 0. The number of rotatable bonds is 10. The number of carboxylic acids is 1. The summed E-state index contributed by atoms with van der Waals surface area (Å²) >= 11 is 0. The van der Waals surface area contributed by atoms with Gasteiger partial charge in [-0.3, -0.25) is 9.59 Å². The zero-order valence-corrected chi connectivity index (χ0v) is 18.7. The second-order valence-corrected chi connectivity index (χ2v) is 8.99. The number of carboxylic acid groups (broad SMARTS) is 1. The third kappa shape index (κ3) is 6.16. The number of esters is 1. The first-order valence-electron chi connectivity index (χ1n) is 11.0. The average Bonchev–Trinajstić information content (AvgIpc) is 2.67. The van der Waals surface area contributed by atoms with Crippen LogP contribution in [0.25, 0.3) is 0 Å².